The summed E-state index contributed by atoms with van der Waals surface area (Å²) in [6.07, 6.45) is 0.490. The van der Waals surface area contributed by atoms with Crippen molar-refractivity contribution in [3.63, 3.8) is 0 Å². The highest BCUT2D eigenvalue weighted by Gasteiger charge is 1.97. The van der Waals surface area contributed by atoms with Crippen LogP contribution >= 0.6 is 0 Å². The lowest BCUT2D eigenvalue weighted by atomic mass is 10.3. The van der Waals surface area contributed by atoms with E-state index >= 15 is 0 Å². The topological polar surface area (TPSA) is 110 Å². The third-order valence-electron chi connectivity index (χ3n) is 2.72. The first kappa shape index (κ1) is 18.0. The molecule has 23 heavy (non-hydrogen) atoms. The molecule has 0 radical (unpaired) electrons. The number of rotatable bonds is 3. The summed E-state index contributed by atoms with van der Waals surface area (Å²) in [5.41, 5.74) is 13.8. The van der Waals surface area contributed by atoms with E-state index in [4.69, 9.17) is 11.5 Å². The van der Waals surface area contributed by atoms with Crippen molar-refractivity contribution in [2.75, 3.05) is 22.1 Å². The lowest BCUT2D eigenvalue weighted by Crippen LogP contribution is -2.09. The van der Waals surface area contributed by atoms with Crippen LogP contribution in [0.25, 0.3) is 0 Å². The first-order valence-electron chi connectivity index (χ1n) is 7.19. The highest BCUT2D eigenvalue weighted by molar-refractivity contribution is 5.90. The maximum atomic E-state index is 10.9. The minimum atomic E-state index is -0.0874. The molecule has 0 atom stereocenters. The fourth-order valence-corrected chi connectivity index (χ4v) is 1.64. The van der Waals surface area contributed by atoms with E-state index in [9.17, 15) is 9.59 Å². The second-order valence-electron chi connectivity index (χ2n) is 4.83. The van der Waals surface area contributed by atoms with Crippen LogP contribution in [0.1, 0.15) is 20.3 Å². The molecule has 0 spiro atoms. The SMILES string of the molecule is CC(=O)Nc1cccc(N)c1.CCC(=O)Nc1ccc(N)cc1. The van der Waals surface area contributed by atoms with E-state index < -0.39 is 0 Å². The van der Waals surface area contributed by atoms with Crippen LogP contribution in [-0.2, 0) is 9.59 Å². The molecule has 2 aromatic carbocycles. The summed E-state index contributed by atoms with van der Waals surface area (Å²) in [4.78, 5) is 21.5. The van der Waals surface area contributed by atoms with Gasteiger partial charge in [-0.1, -0.05) is 13.0 Å². The van der Waals surface area contributed by atoms with Gasteiger partial charge in [-0.15, -0.1) is 0 Å². The number of anilines is 4. The van der Waals surface area contributed by atoms with Crippen molar-refractivity contribution >= 4 is 34.6 Å². The van der Waals surface area contributed by atoms with Crippen LogP contribution in [0.4, 0.5) is 22.7 Å². The molecule has 2 rings (SSSR count). The predicted octanol–water partition coefficient (Wildman–Crippen LogP) is 2.84. The second-order valence-corrected chi connectivity index (χ2v) is 4.83. The first-order chi connectivity index (χ1) is 10.9. The number of hydrogen-bond acceptors (Lipinski definition) is 4. The fourth-order valence-electron chi connectivity index (χ4n) is 1.64. The number of carbonyl (C=O) groups is 2. The molecule has 122 valence electrons. The quantitative estimate of drug-likeness (QED) is 0.653. The number of amides is 2. The zero-order chi connectivity index (χ0) is 17.2. The van der Waals surface area contributed by atoms with Gasteiger partial charge in [0.1, 0.15) is 0 Å². The van der Waals surface area contributed by atoms with Crippen LogP contribution in [0.2, 0.25) is 0 Å². The van der Waals surface area contributed by atoms with Gasteiger partial charge in [0.2, 0.25) is 11.8 Å². The number of benzene rings is 2. The van der Waals surface area contributed by atoms with Gasteiger partial charge in [0, 0.05) is 36.1 Å². The summed E-state index contributed by atoms with van der Waals surface area (Å²) in [5, 5.41) is 5.35. The number of nitrogens with two attached hydrogens (primary N) is 2. The Morgan fingerprint density at radius 1 is 0.913 bits per heavy atom. The molecule has 0 heterocycles. The molecule has 0 aliphatic carbocycles. The molecule has 2 amide bonds. The molecule has 0 aliphatic heterocycles. The van der Waals surface area contributed by atoms with Gasteiger partial charge in [-0.2, -0.15) is 0 Å². The van der Waals surface area contributed by atoms with Gasteiger partial charge >= 0.3 is 0 Å². The Morgan fingerprint density at radius 3 is 2.09 bits per heavy atom. The van der Waals surface area contributed by atoms with Crippen LogP contribution in [0.3, 0.4) is 0 Å². The predicted molar refractivity (Wildman–Crippen MR) is 94.9 cm³/mol. The lowest BCUT2D eigenvalue weighted by Gasteiger charge is -2.02. The first-order valence-corrected chi connectivity index (χ1v) is 7.19. The summed E-state index contributed by atoms with van der Waals surface area (Å²) in [6, 6.07) is 14.1. The van der Waals surface area contributed by atoms with Crippen LogP contribution in [-0.4, -0.2) is 11.8 Å². The monoisotopic (exact) mass is 314 g/mol. The summed E-state index contributed by atoms with van der Waals surface area (Å²) < 4.78 is 0. The van der Waals surface area contributed by atoms with Gasteiger partial charge in [-0.05, 0) is 42.5 Å². The third-order valence-corrected chi connectivity index (χ3v) is 2.72. The van der Waals surface area contributed by atoms with E-state index in [2.05, 4.69) is 10.6 Å². The van der Waals surface area contributed by atoms with Gasteiger partial charge in [0.05, 0.1) is 0 Å². The van der Waals surface area contributed by atoms with Crippen molar-refractivity contribution in [2.45, 2.75) is 20.3 Å². The third kappa shape index (κ3) is 7.52. The van der Waals surface area contributed by atoms with Crippen LogP contribution < -0.4 is 22.1 Å². The highest BCUT2D eigenvalue weighted by atomic mass is 16.2. The van der Waals surface area contributed by atoms with Crippen molar-refractivity contribution < 1.29 is 9.59 Å². The van der Waals surface area contributed by atoms with Crippen molar-refractivity contribution in [3.8, 4) is 0 Å². The Balaban J connectivity index is 0.000000231. The van der Waals surface area contributed by atoms with E-state index in [-0.39, 0.29) is 11.8 Å². The molecular weight excluding hydrogens is 292 g/mol. The second kappa shape index (κ2) is 9.09. The summed E-state index contributed by atoms with van der Waals surface area (Å²) in [7, 11) is 0. The lowest BCUT2D eigenvalue weighted by molar-refractivity contribution is -0.116. The summed E-state index contributed by atoms with van der Waals surface area (Å²) in [5.74, 6) is -0.0737. The largest absolute Gasteiger partial charge is 0.399 e. The smallest absolute Gasteiger partial charge is 0.224 e. The fraction of sp³-hybridized carbons (Fsp3) is 0.176. The molecule has 0 unspecified atom stereocenters. The van der Waals surface area contributed by atoms with Gasteiger partial charge in [-0.25, -0.2) is 0 Å². The van der Waals surface area contributed by atoms with Crippen LogP contribution in [0.15, 0.2) is 48.5 Å². The van der Waals surface area contributed by atoms with Gasteiger partial charge < -0.3 is 22.1 Å². The van der Waals surface area contributed by atoms with Crippen molar-refractivity contribution in [1.82, 2.24) is 0 Å². The normalized spacial score (nSPS) is 9.30. The Morgan fingerprint density at radius 2 is 1.57 bits per heavy atom. The van der Waals surface area contributed by atoms with Crippen molar-refractivity contribution in [2.24, 2.45) is 0 Å². The Kier molecular flexibility index (Phi) is 7.13. The maximum Gasteiger partial charge on any atom is 0.224 e. The molecule has 0 aromatic heterocycles. The summed E-state index contributed by atoms with van der Waals surface area (Å²) in [6.45, 7) is 3.27. The van der Waals surface area contributed by atoms with Crippen molar-refractivity contribution in [1.29, 1.82) is 0 Å². The Labute approximate surface area is 135 Å². The average Bonchev–Trinajstić information content (AvgIpc) is 2.49. The van der Waals surface area contributed by atoms with E-state index in [1.54, 1.807) is 48.5 Å². The van der Waals surface area contributed by atoms with Gasteiger partial charge in [0.25, 0.3) is 0 Å². The van der Waals surface area contributed by atoms with Crippen molar-refractivity contribution in [3.05, 3.63) is 48.5 Å². The number of nitrogens with one attached hydrogen (secondary N) is 2. The van der Waals surface area contributed by atoms with Gasteiger partial charge in [-0.3, -0.25) is 9.59 Å². The molecule has 6 nitrogen and oxygen atoms in total. The Hall–Kier alpha value is -3.02. The van der Waals surface area contributed by atoms with Gasteiger partial charge in [0.15, 0.2) is 0 Å². The van der Waals surface area contributed by atoms with E-state index in [1.165, 1.54) is 6.92 Å². The number of carbonyl (C=O) groups excluding carboxylic acids is 2. The average molecular weight is 314 g/mol. The number of hydrogen-bond donors (Lipinski definition) is 4. The highest BCUT2D eigenvalue weighted by Crippen LogP contribution is 2.11. The number of nitrogen functional groups attached to an aromatic ring is 2. The summed E-state index contributed by atoms with van der Waals surface area (Å²) >= 11 is 0. The molecule has 0 fully saturated rings. The van der Waals surface area contributed by atoms with Crippen LogP contribution in [0, 0.1) is 0 Å². The molecule has 0 saturated heterocycles. The molecular formula is C17H22N4O2. The standard InChI is InChI=1S/C9H12N2O.C8H10N2O/c1-2-9(12)11-8-5-3-7(10)4-6-8;1-6(11)10-8-4-2-3-7(9)5-8/h3-6H,2,10H2,1H3,(H,11,12);2-5H,9H2,1H3,(H,10,11). The minimum Gasteiger partial charge on any atom is -0.399 e. The zero-order valence-corrected chi connectivity index (χ0v) is 13.3. The minimum absolute atomic E-state index is 0.0137. The molecule has 0 saturated carbocycles. The van der Waals surface area contributed by atoms with E-state index in [1.807, 2.05) is 6.92 Å². The molecule has 6 N–H and O–H groups in total. The molecule has 2 aromatic rings. The Bertz CT molecular complexity index is 654. The molecule has 6 heteroatoms. The van der Waals surface area contributed by atoms with E-state index in [0.29, 0.717) is 17.8 Å². The maximum absolute atomic E-state index is 10.9. The van der Waals surface area contributed by atoms with Crippen LogP contribution in [0.5, 0.6) is 0 Å². The molecule has 0 aliphatic rings. The molecule has 0 bridgehead atoms. The van der Waals surface area contributed by atoms with E-state index in [0.717, 1.165) is 11.4 Å². The zero-order valence-electron chi connectivity index (χ0n) is 13.3.